The highest BCUT2D eigenvalue weighted by molar-refractivity contribution is 6.22. The molecule has 0 aromatic heterocycles. The summed E-state index contributed by atoms with van der Waals surface area (Å²) in [4.78, 5) is 0. The SMILES string of the molecule is COc1ccc(C(Cl)C(C)(C)c2ccccc2)c(OC)c1. The van der Waals surface area contributed by atoms with Crippen molar-refractivity contribution in [2.75, 3.05) is 14.2 Å². The standard InChI is InChI=1S/C18H21ClO2/c1-18(2,13-8-6-5-7-9-13)17(19)15-11-10-14(20-3)12-16(15)21-4/h5-12,17H,1-4H3. The van der Waals surface area contributed by atoms with Crippen LogP contribution in [0.2, 0.25) is 0 Å². The number of hydrogen-bond donors (Lipinski definition) is 0. The lowest BCUT2D eigenvalue weighted by Crippen LogP contribution is -2.23. The fourth-order valence-corrected chi connectivity index (χ4v) is 2.74. The summed E-state index contributed by atoms with van der Waals surface area (Å²) in [6.45, 7) is 4.29. The van der Waals surface area contributed by atoms with Crippen LogP contribution in [0, 0.1) is 0 Å². The summed E-state index contributed by atoms with van der Waals surface area (Å²) in [5.74, 6) is 1.51. The molecule has 0 aliphatic heterocycles. The fraction of sp³-hybridized carbons (Fsp3) is 0.333. The summed E-state index contributed by atoms with van der Waals surface area (Å²) in [5.41, 5.74) is 1.95. The third kappa shape index (κ3) is 3.16. The monoisotopic (exact) mass is 304 g/mol. The van der Waals surface area contributed by atoms with E-state index in [0.717, 1.165) is 17.1 Å². The number of ether oxygens (including phenoxy) is 2. The van der Waals surface area contributed by atoms with Gasteiger partial charge in [-0.15, -0.1) is 11.6 Å². The average Bonchev–Trinajstić information content (AvgIpc) is 2.54. The van der Waals surface area contributed by atoms with Crippen molar-refractivity contribution in [2.45, 2.75) is 24.6 Å². The zero-order valence-electron chi connectivity index (χ0n) is 12.9. The summed E-state index contributed by atoms with van der Waals surface area (Å²) < 4.78 is 10.7. The van der Waals surface area contributed by atoms with Gasteiger partial charge in [-0.2, -0.15) is 0 Å². The highest BCUT2D eigenvalue weighted by atomic mass is 35.5. The highest BCUT2D eigenvalue weighted by Crippen LogP contribution is 2.45. The minimum atomic E-state index is -0.218. The van der Waals surface area contributed by atoms with Crippen molar-refractivity contribution in [2.24, 2.45) is 0 Å². The van der Waals surface area contributed by atoms with Gasteiger partial charge in [0.1, 0.15) is 11.5 Å². The molecule has 0 saturated heterocycles. The minimum Gasteiger partial charge on any atom is -0.497 e. The molecule has 0 bridgehead atoms. The molecule has 2 rings (SSSR count). The van der Waals surface area contributed by atoms with Crippen molar-refractivity contribution in [3.05, 3.63) is 59.7 Å². The molecule has 1 atom stereocenters. The molecule has 3 heteroatoms. The summed E-state index contributed by atoms with van der Waals surface area (Å²) in [6, 6.07) is 16.0. The molecule has 2 aromatic rings. The molecule has 0 aliphatic rings. The number of rotatable bonds is 5. The van der Waals surface area contributed by atoms with Gasteiger partial charge in [0.05, 0.1) is 19.6 Å². The van der Waals surface area contributed by atoms with Crippen molar-refractivity contribution < 1.29 is 9.47 Å². The number of alkyl halides is 1. The first kappa shape index (κ1) is 15.7. The van der Waals surface area contributed by atoms with Crippen LogP contribution < -0.4 is 9.47 Å². The van der Waals surface area contributed by atoms with Crippen LogP contribution in [-0.4, -0.2) is 14.2 Å². The quantitative estimate of drug-likeness (QED) is 0.727. The van der Waals surface area contributed by atoms with Crippen molar-refractivity contribution in [3.63, 3.8) is 0 Å². The Balaban J connectivity index is 2.41. The first-order chi connectivity index (χ1) is 10.0. The molecule has 0 amide bonds. The first-order valence-electron chi connectivity index (χ1n) is 6.92. The number of benzene rings is 2. The molecule has 0 fully saturated rings. The maximum Gasteiger partial charge on any atom is 0.127 e. The van der Waals surface area contributed by atoms with Gasteiger partial charge in [-0.3, -0.25) is 0 Å². The Bertz CT molecular complexity index is 593. The van der Waals surface area contributed by atoms with Gasteiger partial charge < -0.3 is 9.47 Å². The maximum atomic E-state index is 6.79. The molecule has 112 valence electrons. The van der Waals surface area contributed by atoms with Gasteiger partial charge in [0, 0.05) is 17.0 Å². The molecule has 0 N–H and O–H groups in total. The van der Waals surface area contributed by atoms with Crippen molar-refractivity contribution in [1.82, 2.24) is 0 Å². The summed E-state index contributed by atoms with van der Waals surface area (Å²) >= 11 is 6.79. The lowest BCUT2D eigenvalue weighted by Gasteiger charge is -2.32. The van der Waals surface area contributed by atoms with Gasteiger partial charge in [-0.05, 0) is 11.6 Å². The van der Waals surface area contributed by atoms with E-state index in [0.29, 0.717) is 0 Å². The molecule has 0 saturated carbocycles. The van der Waals surface area contributed by atoms with Crippen LogP contribution in [0.1, 0.15) is 30.4 Å². The third-order valence-electron chi connectivity index (χ3n) is 3.87. The first-order valence-corrected chi connectivity index (χ1v) is 7.36. The number of hydrogen-bond acceptors (Lipinski definition) is 2. The molecule has 21 heavy (non-hydrogen) atoms. The van der Waals surface area contributed by atoms with E-state index in [9.17, 15) is 0 Å². The van der Waals surface area contributed by atoms with E-state index in [4.69, 9.17) is 21.1 Å². The summed E-state index contributed by atoms with van der Waals surface area (Å²) in [7, 11) is 3.29. The Morgan fingerprint density at radius 1 is 0.952 bits per heavy atom. The van der Waals surface area contributed by atoms with E-state index >= 15 is 0 Å². The average molecular weight is 305 g/mol. The van der Waals surface area contributed by atoms with Crippen LogP contribution in [-0.2, 0) is 5.41 Å². The smallest absolute Gasteiger partial charge is 0.127 e. The third-order valence-corrected chi connectivity index (χ3v) is 4.65. The zero-order valence-corrected chi connectivity index (χ0v) is 13.6. The van der Waals surface area contributed by atoms with E-state index in [1.165, 1.54) is 5.56 Å². The van der Waals surface area contributed by atoms with Gasteiger partial charge >= 0.3 is 0 Å². The molecule has 0 aliphatic carbocycles. The normalized spacial score (nSPS) is 12.8. The van der Waals surface area contributed by atoms with Crippen molar-refractivity contribution >= 4 is 11.6 Å². The van der Waals surface area contributed by atoms with Crippen molar-refractivity contribution in [3.8, 4) is 11.5 Å². The second-order valence-corrected chi connectivity index (χ2v) is 5.99. The molecule has 0 heterocycles. The van der Waals surface area contributed by atoms with Gasteiger partial charge in [0.2, 0.25) is 0 Å². The Kier molecular flexibility index (Phi) is 4.79. The van der Waals surface area contributed by atoms with Crippen LogP contribution in [0.4, 0.5) is 0 Å². The largest absolute Gasteiger partial charge is 0.497 e. The molecular formula is C18H21ClO2. The predicted molar refractivity (Wildman–Crippen MR) is 87.6 cm³/mol. The predicted octanol–water partition coefficient (Wildman–Crippen LogP) is 4.96. The van der Waals surface area contributed by atoms with Gasteiger partial charge in [0.25, 0.3) is 0 Å². The number of methoxy groups -OCH3 is 2. The molecule has 0 spiro atoms. The summed E-state index contributed by atoms with van der Waals surface area (Å²) in [6.07, 6.45) is 0. The van der Waals surface area contributed by atoms with E-state index in [1.807, 2.05) is 36.4 Å². The van der Waals surface area contributed by atoms with Crippen LogP contribution >= 0.6 is 11.6 Å². The van der Waals surface area contributed by atoms with E-state index in [2.05, 4.69) is 26.0 Å². The zero-order chi connectivity index (χ0) is 15.5. The molecule has 1 unspecified atom stereocenters. The van der Waals surface area contributed by atoms with Gasteiger partial charge in [-0.25, -0.2) is 0 Å². The summed E-state index contributed by atoms with van der Waals surface area (Å²) in [5, 5.41) is -0.208. The topological polar surface area (TPSA) is 18.5 Å². The van der Waals surface area contributed by atoms with Crippen LogP contribution in [0.5, 0.6) is 11.5 Å². The van der Waals surface area contributed by atoms with E-state index in [-0.39, 0.29) is 10.8 Å². The molecule has 2 nitrogen and oxygen atoms in total. The lowest BCUT2D eigenvalue weighted by molar-refractivity contribution is 0.385. The number of halogens is 1. The van der Waals surface area contributed by atoms with E-state index < -0.39 is 0 Å². The second kappa shape index (κ2) is 6.40. The Hall–Kier alpha value is -1.67. The fourth-order valence-electron chi connectivity index (χ4n) is 2.43. The second-order valence-electron chi connectivity index (χ2n) is 5.56. The van der Waals surface area contributed by atoms with Gasteiger partial charge in [-0.1, -0.05) is 50.2 Å². The molecular weight excluding hydrogens is 284 g/mol. The maximum absolute atomic E-state index is 6.79. The lowest BCUT2D eigenvalue weighted by atomic mass is 9.78. The van der Waals surface area contributed by atoms with Gasteiger partial charge in [0.15, 0.2) is 0 Å². The highest BCUT2D eigenvalue weighted by Gasteiger charge is 2.32. The minimum absolute atomic E-state index is 0.208. The Morgan fingerprint density at radius 2 is 1.62 bits per heavy atom. The Morgan fingerprint density at radius 3 is 2.19 bits per heavy atom. The van der Waals surface area contributed by atoms with Crippen LogP contribution in [0.15, 0.2) is 48.5 Å². The van der Waals surface area contributed by atoms with E-state index in [1.54, 1.807) is 14.2 Å². The van der Waals surface area contributed by atoms with Crippen LogP contribution in [0.3, 0.4) is 0 Å². The van der Waals surface area contributed by atoms with Crippen molar-refractivity contribution in [1.29, 1.82) is 0 Å². The van der Waals surface area contributed by atoms with Crippen LogP contribution in [0.25, 0.3) is 0 Å². The molecule has 2 aromatic carbocycles. The Labute approximate surface area is 131 Å². The molecule has 0 radical (unpaired) electrons.